The van der Waals surface area contributed by atoms with Crippen LogP contribution in [-0.2, 0) is 5.41 Å². The van der Waals surface area contributed by atoms with E-state index in [2.05, 4.69) is 61.6 Å². The first-order chi connectivity index (χ1) is 14.5. The minimum Gasteiger partial charge on any atom is -0.490 e. The fraction of sp³-hybridized carbons (Fsp3) is 0.478. The molecular weight excluding hydrogens is 591 g/mol. The Morgan fingerprint density at radius 1 is 0.806 bits per heavy atom. The van der Waals surface area contributed by atoms with Crippen molar-refractivity contribution in [2.24, 2.45) is 0 Å². The minimum absolute atomic E-state index is 0.191. The molecule has 2 aromatic carbocycles. The van der Waals surface area contributed by atoms with Gasteiger partial charge in [-0.1, -0.05) is 39.2 Å². The normalized spacial score (nSPS) is 13.7. The van der Waals surface area contributed by atoms with Gasteiger partial charge in [0, 0.05) is 5.41 Å². The Morgan fingerprint density at radius 2 is 1.19 bits per heavy atom. The molecule has 0 fully saturated rings. The van der Waals surface area contributed by atoms with Crippen LogP contribution in [0.1, 0.15) is 51.7 Å². The fourth-order valence-corrected chi connectivity index (χ4v) is 4.95. The third-order valence-electron chi connectivity index (χ3n) is 5.30. The van der Waals surface area contributed by atoms with Crippen LogP contribution in [0.5, 0.6) is 11.5 Å². The average Bonchev–Trinajstić information content (AvgIpc) is 2.71. The summed E-state index contributed by atoms with van der Waals surface area (Å²) in [6, 6.07) is 7.94. The summed E-state index contributed by atoms with van der Waals surface area (Å²) in [5.41, 5.74) is 2.20. The molecule has 168 valence electrons. The van der Waals surface area contributed by atoms with Crippen molar-refractivity contribution >= 4 is 61.1 Å². The third kappa shape index (κ3) is 6.73. The summed E-state index contributed by atoms with van der Waals surface area (Å²) in [5, 5.41) is 19.6. The van der Waals surface area contributed by atoms with Crippen LogP contribution in [0.15, 0.2) is 37.7 Å². The van der Waals surface area contributed by atoms with E-state index in [1.54, 1.807) is 0 Å². The van der Waals surface area contributed by atoms with Crippen molar-refractivity contribution in [1.82, 2.24) is 0 Å². The third-order valence-corrected chi connectivity index (χ3v) is 7.06. The molecule has 0 bridgehead atoms. The highest BCUT2D eigenvalue weighted by atomic mass is 79.9. The number of ether oxygens (including phenoxy) is 2. The Balaban J connectivity index is 2.34. The Kier molecular flexibility index (Phi) is 9.95. The number of aliphatic hydroxyl groups is 2. The van der Waals surface area contributed by atoms with Gasteiger partial charge < -0.3 is 19.7 Å². The predicted molar refractivity (Wildman–Crippen MR) is 137 cm³/mol. The van der Waals surface area contributed by atoms with Gasteiger partial charge >= 0.3 is 0 Å². The number of hydrogen-bond donors (Lipinski definition) is 2. The second-order valence-corrected chi connectivity index (χ2v) is 10.6. The predicted octanol–water partition coefficient (Wildman–Crippen LogP) is 5.39. The van der Waals surface area contributed by atoms with E-state index in [-0.39, 0.29) is 18.6 Å². The van der Waals surface area contributed by atoms with Crippen LogP contribution >= 0.6 is 47.8 Å². The van der Waals surface area contributed by atoms with Gasteiger partial charge in [0.25, 0.3) is 0 Å². The van der Waals surface area contributed by atoms with E-state index in [1.807, 2.05) is 38.1 Å². The van der Waals surface area contributed by atoms with Crippen molar-refractivity contribution in [3.05, 3.63) is 48.8 Å². The Hall–Kier alpha value is -0.535. The zero-order valence-corrected chi connectivity index (χ0v) is 23.0. The summed E-state index contributed by atoms with van der Waals surface area (Å²) in [6.07, 6.45) is 0.211. The lowest BCUT2D eigenvalue weighted by Gasteiger charge is -2.29. The molecule has 0 amide bonds. The lowest BCUT2D eigenvalue weighted by molar-refractivity contribution is 0.103. The van der Waals surface area contributed by atoms with E-state index in [9.17, 15) is 10.2 Å². The number of rotatable bonds is 10. The molecule has 0 spiro atoms. The highest BCUT2D eigenvalue weighted by Crippen LogP contribution is 2.41. The van der Waals surface area contributed by atoms with Crippen molar-refractivity contribution in [2.75, 3.05) is 13.2 Å². The van der Waals surface area contributed by atoms with E-state index in [1.165, 1.54) is 0 Å². The van der Waals surface area contributed by atoms with E-state index < -0.39 is 12.2 Å². The van der Waals surface area contributed by atoms with E-state index in [0.717, 1.165) is 24.5 Å². The molecule has 2 rings (SSSR count). The maximum absolute atomic E-state index is 9.79. The first kappa shape index (κ1) is 26.7. The number of halogens is 3. The molecule has 2 aromatic rings. The van der Waals surface area contributed by atoms with Gasteiger partial charge in [0.15, 0.2) is 0 Å². The largest absolute Gasteiger partial charge is 0.490 e. The molecule has 0 saturated carbocycles. The van der Waals surface area contributed by atoms with Crippen molar-refractivity contribution in [3.63, 3.8) is 0 Å². The van der Waals surface area contributed by atoms with Gasteiger partial charge in [-0.3, -0.25) is 0 Å². The summed E-state index contributed by atoms with van der Waals surface area (Å²) >= 11 is 10.8. The van der Waals surface area contributed by atoms with Gasteiger partial charge in [-0.25, -0.2) is 0 Å². The van der Waals surface area contributed by atoms with Crippen molar-refractivity contribution in [3.8, 4) is 11.5 Å². The molecule has 2 unspecified atom stereocenters. The zero-order chi connectivity index (χ0) is 23.3. The average molecular weight is 619 g/mol. The molecule has 2 atom stereocenters. The minimum atomic E-state index is -0.531. The molecule has 31 heavy (non-hydrogen) atoms. The molecule has 8 heteroatoms. The highest BCUT2D eigenvalue weighted by Gasteiger charge is 2.27. The first-order valence-electron chi connectivity index (χ1n) is 10.2. The van der Waals surface area contributed by atoms with E-state index >= 15 is 0 Å². The summed E-state index contributed by atoms with van der Waals surface area (Å²) in [6.45, 7) is 8.47. The number of aliphatic hydroxyl groups excluding tert-OH is 2. The molecule has 0 aromatic heterocycles. The Labute approximate surface area is 211 Å². The summed E-state index contributed by atoms with van der Waals surface area (Å²) in [7, 11) is 6.29. The van der Waals surface area contributed by atoms with Gasteiger partial charge in [0.2, 0.25) is 0 Å². The van der Waals surface area contributed by atoms with E-state index in [4.69, 9.17) is 17.3 Å². The monoisotopic (exact) mass is 616 g/mol. The second-order valence-electron chi connectivity index (χ2n) is 8.02. The van der Waals surface area contributed by atoms with Crippen LogP contribution in [0.3, 0.4) is 0 Å². The van der Waals surface area contributed by atoms with Crippen LogP contribution in [0.4, 0.5) is 0 Å². The lowest BCUT2D eigenvalue weighted by Crippen LogP contribution is -2.24. The van der Waals surface area contributed by atoms with Crippen LogP contribution < -0.4 is 14.9 Å². The zero-order valence-electron chi connectivity index (χ0n) is 18.2. The fourth-order valence-electron chi connectivity index (χ4n) is 2.95. The van der Waals surface area contributed by atoms with Gasteiger partial charge in [-0.2, -0.15) is 0 Å². The van der Waals surface area contributed by atoms with Crippen molar-refractivity contribution in [1.29, 1.82) is 0 Å². The smallest absolute Gasteiger partial charge is 0.147 e. The quantitative estimate of drug-likeness (QED) is 0.351. The topological polar surface area (TPSA) is 58.9 Å². The molecule has 2 N–H and O–H groups in total. The Morgan fingerprint density at radius 3 is 1.61 bits per heavy atom. The lowest BCUT2D eigenvalue weighted by atomic mass is 9.76. The molecular formula is C23H28BBr3O4. The highest BCUT2D eigenvalue weighted by molar-refractivity contribution is 9.11. The summed E-state index contributed by atoms with van der Waals surface area (Å²) in [5.74, 6) is 1.19. The van der Waals surface area contributed by atoms with Crippen LogP contribution in [0.2, 0.25) is 0 Å². The molecule has 0 aliphatic rings. The molecule has 0 aliphatic carbocycles. The molecule has 0 aliphatic heterocycles. The van der Waals surface area contributed by atoms with Gasteiger partial charge in [-0.15, -0.1) is 0 Å². The van der Waals surface area contributed by atoms with Crippen LogP contribution in [0.25, 0.3) is 0 Å². The second kappa shape index (κ2) is 11.5. The summed E-state index contributed by atoms with van der Waals surface area (Å²) < 4.78 is 13.9. The van der Waals surface area contributed by atoms with Crippen LogP contribution in [0, 0.1) is 0 Å². The van der Waals surface area contributed by atoms with Crippen molar-refractivity contribution < 1.29 is 19.7 Å². The number of benzene rings is 2. The molecule has 2 radical (unpaired) electrons. The number of hydrogen-bond acceptors (Lipinski definition) is 4. The molecule has 0 saturated heterocycles. The van der Waals surface area contributed by atoms with E-state index in [0.29, 0.717) is 29.8 Å². The van der Waals surface area contributed by atoms with Gasteiger partial charge in [0.1, 0.15) is 32.6 Å². The molecule has 0 heterocycles. The SMILES string of the molecule is [B]c1cc(C(C)(C)c2cc(Br)c(OCC(O)CC)c(Br)c2)cc(Br)c1OCC(O)CC. The standard InChI is InChI=1S/C23H28BBr3O4/c1-5-15(28)11-30-21-17(24)7-13(8-18(21)25)23(3,4)14-9-19(26)22(20(27)10-14)31-12-16(29)6-2/h7-10,15-16,28-29H,5-6,11-12H2,1-4H3. The Bertz CT molecular complexity index is 787. The van der Waals surface area contributed by atoms with Gasteiger partial charge in [0.05, 0.1) is 25.6 Å². The maximum atomic E-state index is 9.79. The first-order valence-corrected chi connectivity index (χ1v) is 12.6. The van der Waals surface area contributed by atoms with Crippen LogP contribution in [-0.4, -0.2) is 43.5 Å². The van der Waals surface area contributed by atoms with Crippen molar-refractivity contribution in [2.45, 2.75) is 58.2 Å². The maximum Gasteiger partial charge on any atom is 0.147 e. The molecule has 4 nitrogen and oxygen atoms in total. The van der Waals surface area contributed by atoms with Gasteiger partial charge in [-0.05, 0) is 90.0 Å². The summed E-state index contributed by atoms with van der Waals surface area (Å²) in [4.78, 5) is 0.